The Hall–Kier alpha value is -1.00. The Morgan fingerprint density at radius 3 is 2.76 bits per heavy atom. The maximum absolute atomic E-state index is 6.05. The third-order valence-electron chi connectivity index (χ3n) is 2.09. The summed E-state index contributed by atoms with van der Waals surface area (Å²) in [4.78, 5) is 0. The summed E-state index contributed by atoms with van der Waals surface area (Å²) in [7, 11) is 1.61. The van der Waals surface area contributed by atoms with Crippen molar-refractivity contribution < 1.29 is 4.74 Å². The fraction of sp³-hybridized carbons (Fsp3) is 0.417. The van der Waals surface area contributed by atoms with Crippen LogP contribution in [0, 0.1) is 5.92 Å². The van der Waals surface area contributed by atoms with E-state index in [1.165, 1.54) is 0 Å². The van der Waals surface area contributed by atoms with Gasteiger partial charge in [-0.15, -0.1) is 0 Å². The Labute approximate surface area is 112 Å². The van der Waals surface area contributed by atoms with E-state index in [-0.39, 0.29) is 0 Å². The predicted molar refractivity (Wildman–Crippen MR) is 77.1 cm³/mol. The molecule has 0 saturated heterocycles. The minimum atomic E-state index is 0.538. The monoisotopic (exact) mass is 272 g/mol. The smallest absolute Gasteiger partial charge is 0.170 e. The van der Waals surface area contributed by atoms with Gasteiger partial charge in [0.05, 0.1) is 17.8 Å². The lowest BCUT2D eigenvalue weighted by Crippen LogP contribution is -2.31. The van der Waals surface area contributed by atoms with E-state index in [0.717, 1.165) is 18.0 Å². The summed E-state index contributed by atoms with van der Waals surface area (Å²) in [5.41, 5.74) is 0.743. The molecule has 1 aromatic carbocycles. The molecule has 0 aliphatic rings. The Bertz CT molecular complexity index is 396. The zero-order valence-corrected chi connectivity index (χ0v) is 11.8. The van der Waals surface area contributed by atoms with Crippen LogP contribution in [0.4, 0.5) is 5.69 Å². The first-order valence-corrected chi connectivity index (χ1v) is 6.20. The molecule has 1 rings (SSSR count). The Morgan fingerprint density at radius 2 is 2.18 bits per heavy atom. The normalized spacial score (nSPS) is 10.2. The fourth-order valence-electron chi connectivity index (χ4n) is 1.19. The van der Waals surface area contributed by atoms with Gasteiger partial charge in [-0.25, -0.2) is 0 Å². The van der Waals surface area contributed by atoms with Crippen LogP contribution in [-0.4, -0.2) is 18.8 Å². The zero-order valence-electron chi connectivity index (χ0n) is 10.2. The molecule has 0 bridgehead atoms. The molecule has 0 atom stereocenters. The van der Waals surface area contributed by atoms with Crippen molar-refractivity contribution in [1.29, 1.82) is 0 Å². The molecule has 0 fully saturated rings. The summed E-state index contributed by atoms with van der Waals surface area (Å²) in [5, 5.41) is 7.34. The van der Waals surface area contributed by atoms with Crippen molar-refractivity contribution in [3.05, 3.63) is 23.2 Å². The third kappa shape index (κ3) is 4.79. The first kappa shape index (κ1) is 14.1. The Kier molecular flexibility index (Phi) is 5.51. The van der Waals surface area contributed by atoms with E-state index in [2.05, 4.69) is 24.5 Å². The number of thiocarbonyl (C=S) groups is 1. The molecule has 0 radical (unpaired) electrons. The number of ether oxygens (including phenoxy) is 1. The molecule has 0 heterocycles. The number of hydrogen-bond acceptors (Lipinski definition) is 2. The summed E-state index contributed by atoms with van der Waals surface area (Å²) >= 11 is 11.2. The van der Waals surface area contributed by atoms with Crippen molar-refractivity contribution in [2.45, 2.75) is 13.8 Å². The quantitative estimate of drug-likeness (QED) is 0.824. The molecule has 0 aromatic heterocycles. The van der Waals surface area contributed by atoms with E-state index in [9.17, 15) is 0 Å². The fourth-order valence-corrected chi connectivity index (χ4v) is 1.55. The van der Waals surface area contributed by atoms with Gasteiger partial charge in [0.2, 0.25) is 0 Å². The standard InChI is InChI=1S/C12H17ClN2OS/c1-8(2)7-14-12(17)15-11-6-9(16-3)4-5-10(11)13/h4-6,8H,7H2,1-3H3,(H2,14,15,17). The van der Waals surface area contributed by atoms with Gasteiger partial charge < -0.3 is 15.4 Å². The van der Waals surface area contributed by atoms with Crippen LogP contribution < -0.4 is 15.4 Å². The number of hydrogen-bond donors (Lipinski definition) is 2. The largest absolute Gasteiger partial charge is 0.497 e. The van der Waals surface area contributed by atoms with Crippen LogP contribution in [0.15, 0.2) is 18.2 Å². The highest BCUT2D eigenvalue weighted by Crippen LogP contribution is 2.26. The summed E-state index contributed by atoms with van der Waals surface area (Å²) in [5.74, 6) is 1.28. The third-order valence-corrected chi connectivity index (χ3v) is 2.67. The predicted octanol–water partition coefficient (Wildman–Crippen LogP) is 3.29. The molecule has 5 heteroatoms. The van der Waals surface area contributed by atoms with Crippen molar-refractivity contribution in [2.24, 2.45) is 5.92 Å². The maximum Gasteiger partial charge on any atom is 0.170 e. The van der Waals surface area contributed by atoms with Crippen molar-refractivity contribution in [3.63, 3.8) is 0 Å². The first-order valence-electron chi connectivity index (χ1n) is 5.41. The van der Waals surface area contributed by atoms with Crippen LogP contribution in [0.2, 0.25) is 5.02 Å². The average molecular weight is 273 g/mol. The summed E-state index contributed by atoms with van der Waals surface area (Å²) in [6, 6.07) is 5.39. The van der Waals surface area contributed by atoms with Crippen molar-refractivity contribution in [1.82, 2.24) is 5.32 Å². The lowest BCUT2D eigenvalue weighted by Gasteiger charge is -2.13. The molecule has 1 aromatic rings. The molecular formula is C12H17ClN2OS. The summed E-state index contributed by atoms with van der Waals surface area (Å²) in [6.45, 7) is 5.07. The maximum atomic E-state index is 6.05. The van der Waals surface area contributed by atoms with Crippen LogP contribution in [-0.2, 0) is 0 Å². The second-order valence-electron chi connectivity index (χ2n) is 4.07. The van der Waals surface area contributed by atoms with Crippen LogP contribution in [0.5, 0.6) is 5.75 Å². The van der Waals surface area contributed by atoms with Gasteiger partial charge in [0.15, 0.2) is 5.11 Å². The minimum absolute atomic E-state index is 0.538. The molecule has 3 nitrogen and oxygen atoms in total. The van der Waals surface area contributed by atoms with E-state index < -0.39 is 0 Å². The molecule has 0 aliphatic carbocycles. The first-order chi connectivity index (χ1) is 8.02. The molecule has 17 heavy (non-hydrogen) atoms. The van der Waals surface area contributed by atoms with Gasteiger partial charge in [0.1, 0.15) is 5.75 Å². The van der Waals surface area contributed by atoms with Crippen LogP contribution in [0.3, 0.4) is 0 Å². The highest BCUT2D eigenvalue weighted by atomic mass is 35.5. The molecule has 0 spiro atoms. The molecule has 2 N–H and O–H groups in total. The van der Waals surface area contributed by atoms with Crippen LogP contribution >= 0.6 is 23.8 Å². The van der Waals surface area contributed by atoms with Crippen LogP contribution in [0.1, 0.15) is 13.8 Å². The molecule has 0 amide bonds. The van der Waals surface area contributed by atoms with Gasteiger partial charge in [-0.2, -0.15) is 0 Å². The van der Waals surface area contributed by atoms with E-state index in [4.69, 9.17) is 28.6 Å². The second-order valence-corrected chi connectivity index (χ2v) is 4.89. The number of rotatable bonds is 4. The van der Waals surface area contributed by atoms with Gasteiger partial charge in [0.25, 0.3) is 0 Å². The average Bonchev–Trinajstić information content (AvgIpc) is 2.29. The molecule has 0 aliphatic heterocycles. The molecular weight excluding hydrogens is 256 g/mol. The van der Waals surface area contributed by atoms with Crippen molar-refractivity contribution >= 4 is 34.6 Å². The number of anilines is 1. The van der Waals surface area contributed by atoms with Crippen molar-refractivity contribution in [3.8, 4) is 5.75 Å². The topological polar surface area (TPSA) is 33.3 Å². The second kappa shape index (κ2) is 6.67. The zero-order chi connectivity index (χ0) is 12.8. The number of nitrogens with one attached hydrogen (secondary N) is 2. The van der Waals surface area contributed by atoms with Gasteiger partial charge >= 0.3 is 0 Å². The highest BCUT2D eigenvalue weighted by Gasteiger charge is 2.04. The molecule has 94 valence electrons. The summed E-state index contributed by atoms with van der Waals surface area (Å²) in [6.07, 6.45) is 0. The van der Waals surface area contributed by atoms with E-state index in [1.54, 1.807) is 19.2 Å². The van der Waals surface area contributed by atoms with Crippen LogP contribution in [0.25, 0.3) is 0 Å². The van der Waals surface area contributed by atoms with Gasteiger partial charge in [-0.1, -0.05) is 25.4 Å². The van der Waals surface area contributed by atoms with Gasteiger partial charge in [0, 0.05) is 12.6 Å². The van der Waals surface area contributed by atoms with Crippen molar-refractivity contribution in [2.75, 3.05) is 19.0 Å². The van der Waals surface area contributed by atoms with E-state index in [0.29, 0.717) is 16.1 Å². The Morgan fingerprint density at radius 1 is 1.47 bits per heavy atom. The number of methoxy groups -OCH3 is 1. The Balaban J connectivity index is 2.64. The minimum Gasteiger partial charge on any atom is -0.497 e. The number of halogens is 1. The van der Waals surface area contributed by atoms with E-state index >= 15 is 0 Å². The number of benzene rings is 1. The molecule has 0 saturated carbocycles. The lowest BCUT2D eigenvalue weighted by atomic mass is 10.2. The van der Waals surface area contributed by atoms with E-state index in [1.807, 2.05) is 6.07 Å². The van der Waals surface area contributed by atoms with Gasteiger partial charge in [-0.3, -0.25) is 0 Å². The summed E-state index contributed by atoms with van der Waals surface area (Å²) < 4.78 is 5.13. The molecule has 0 unspecified atom stereocenters. The highest BCUT2D eigenvalue weighted by molar-refractivity contribution is 7.80. The van der Waals surface area contributed by atoms with Gasteiger partial charge in [-0.05, 0) is 30.3 Å². The SMILES string of the molecule is COc1ccc(Cl)c(NC(=S)NCC(C)C)c1. The lowest BCUT2D eigenvalue weighted by molar-refractivity contribution is 0.415.